The lowest BCUT2D eigenvalue weighted by Gasteiger charge is -2.45. The van der Waals surface area contributed by atoms with E-state index in [4.69, 9.17) is 9.47 Å². The zero-order valence-electron chi connectivity index (χ0n) is 17.0. The first-order valence-electron chi connectivity index (χ1n) is 10.3. The summed E-state index contributed by atoms with van der Waals surface area (Å²) in [7, 11) is 1.85. The molecule has 1 spiro atoms. The fourth-order valence-corrected chi connectivity index (χ4v) is 6.18. The highest BCUT2D eigenvalue weighted by molar-refractivity contribution is 14.0. The second kappa shape index (κ2) is 10.5. The Balaban J connectivity index is 0.00000240. The van der Waals surface area contributed by atoms with Gasteiger partial charge in [0, 0.05) is 42.7 Å². The van der Waals surface area contributed by atoms with Crippen LogP contribution in [0.3, 0.4) is 0 Å². The third-order valence-corrected chi connectivity index (χ3v) is 7.49. The summed E-state index contributed by atoms with van der Waals surface area (Å²) in [4.78, 5) is 6.93. The molecule has 0 atom stereocenters. The molecule has 162 valence electrons. The maximum absolute atomic E-state index is 13.9. The Labute approximate surface area is 194 Å². The molecule has 2 fully saturated rings. The molecule has 8 heteroatoms. The van der Waals surface area contributed by atoms with E-state index in [0.717, 1.165) is 41.7 Å². The van der Waals surface area contributed by atoms with Gasteiger partial charge < -0.3 is 19.7 Å². The predicted molar refractivity (Wildman–Crippen MR) is 127 cm³/mol. The number of ether oxygens (including phenoxy) is 2. The lowest BCUT2D eigenvalue weighted by Crippen LogP contribution is -2.53. The normalized spacial score (nSPS) is 21.2. The first-order chi connectivity index (χ1) is 13.7. The van der Waals surface area contributed by atoms with Crippen LogP contribution in [0.5, 0.6) is 5.75 Å². The topological polar surface area (TPSA) is 46.1 Å². The van der Waals surface area contributed by atoms with Gasteiger partial charge in [-0.25, -0.2) is 4.39 Å². The van der Waals surface area contributed by atoms with Crippen molar-refractivity contribution in [1.82, 2.24) is 10.2 Å². The number of fused-ring (bicyclic) bond motifs is 1. The van der Waals surface area contributed by atoms with Crippen LogP contribution in [0.15, 0.2) is 17.1 Å². The Hall–Kier alpha value is -0.740. The molecule has 1 aromatic carbocycles. The van der Waals surface area contributed by atoms with Gasteiger partial charge in [-0.3, -0.25) is 4.99 Å². The Morgan fingerprint density at radius 3 is 2.93 bits per heavy atom. The lowest BCUT2D eigenvalue weighted by molar-refractivity contribution is -0.0172. The van der Waals surface area contributed by atoms with Gasteiger partial charge >= 0.3 is 0 Å². The Morgan fingerprint density at radius 2 is 2.14 bits per heavy atom. The molecule has 4 rings (SSSR count). The number of rotatable bonds is 3. The Morgan fingerprint density at radius 1 is 1.31 bits per heavy atom. The number of halogens is 2. The molecule has 2 aliphatic heterocycles. The molecule has 1 aliphatic carbocycles. The van der Waals surface area contributed by atoms with Crippen molar-refractivity contribution in [1.29, 1.82) is 0 Å². The Bertz CT molecular complexity index is 723. The maximum atomic E-state index is 13.9. The number of nitrogens with zero attached hydrogens (tertiary/aromatic N) is 2. The van der Waals surface area contributed by atoms with Gasteiger partial charge in [-0.1, -0.05) is 19.3 Å². The van der Waals surface area contributed by atoms with Crippen LogP contribution >= 0.6 is 35.7 Å². The van der Waals surface area contributed by atoms with Crippen molar-refractivity contribution in [2.24, 2.45) is 4.99 Å². The van der Waals surface area contributed by atoms with Crippen LogP contribution in [0.4, 0.5) is 4.39 Å². The summed E-state index contributed by atoms with van der Waals surface area (Å²) >= 11 is 2.16. The van der Waals surface area contributed by atoms with Gasteiger partial charge in [-0.15, -0.1) is 24.0 Å². The van der Waals surface area contributed by atoms with E-state index in [9.17, 15) is 4.39 Å². The molecular weight excluding hydrogens is 504 g/mol. The highest BCUT2D eigenvalue weighted by Crippen LogP contribution is 2.42. The number of guanidine groups is 1. The number of hydrogen-bond acceptors (Lipinski definition) is 4. The largest absolute Gasteiger partial charge is 0.467 e. The fraction of sp³-hybridized carbons (Fsp3) is 0.667. The predicted octanol–water partition coefficient (Wildman–Crippen LogP) is 4.18. The van der Waals surface area contributed by atoms with Crippen molar-refractivity contribution in [3.63, 3.8) is 0 Å². The molecule has 1 saturated carbocycles. The number of nitrogens with one attached hydrogen (secondary N) is 1. The molecule has 1 N–H and O–H groups in total. The molecule has 0 bridgehead atoms. The summed E-state index contributed by atoms with van der Waals surface area (Å²) in [5.41, 5.74) is 1.68. The minimum atomic E-state index is -0.237. The van der Waals surface area contributed by atoms with Crippen molar-refractivity contribution in [3.05, 3.63) is 29.1 Å². The monoisotopic (exact) mass is 535 g/mol. The van der Waals surface area contributed by atoms with Crippen LogP contribution in [0, 0.1) is 5.82 Å². The minimum absolute atomic E-state index is 0. The number of benzene rings is 1. The van der Waals surface area contributed by atoms with Crippen LogP contribution in [0.1, 0.15) is 43.2 Å². The summed E-state index contributed by atoms with van der Waals surface area (Å²) in [6.45, 7) is 3.44. The third-order valence-electron chi connectivity index (χ3n) is 5.95. The lowest BCUT2D eigenvalue weighted by atomic mass is 9.87. The summed E-state index contributed by atoms with van der Waals surface area (Å²) in [6, 6.07) is 3.07. The molecule has 0 radical (unpaired) electrons. The molecule has 1 aromatic rings. The van der Waals surface area contributed by atoms with Crippen LogP contribution in [-0.2, 0) is 17.8 Å². The van der Waals surface area contributed by atoms with E-state index in [1.54, 1.807) is 6.07 Å². The average Bonchev–Trinajstić information content (AvgIpc) is 2.71. The highest BCUT2D eigenvalue weighted by Gasteiger charge is 2.38. The van der Waals surface area contributed by atoms with Crippen molar-refractivity contribution < 1.29 is 13.9 Å². The molecule has 1 saturated heterocycles. The number of aliphatic imine (C=N–C) groups is 1. The van der Waals surface area contributed by atoms with E-state index in [1.807, 2.05) is 7.05 Å². The van der Waals surface area contributed by atoms with Crippen molar-refractivity contribution >= 4 is 41.7 Å². The van der Waals surface area contributed by atoms with Gasteiger partial charge in [-0.2, -0.15) is 11.8 Å². The second-order valence-electron chi connectivity index (χ2n) is 7.90. The van der Waals surface area contributed by atoms with E-state index in [2.05, 4.69) is 27.0 Å². The zero-order valence-corrected chi connectivity index (χ0v) is 20.2. The molecule has 3 aliphatic rings. The third kappa shape index (κ3) is 5.50. The molecule has 2 heterocycles. The Kier molecular flexibility index (Phi) is 8.32. The zero-order chi connectivity index (χ0) is 19.4. The minimum Gasteiger partial charge on any atom is -0.467 e. The van der Waals surface area contributed by atoms with Gasteiger partial charge in [0.05, 0.1) is 6.61 Å². The first-order valence-corrected chi connectivity index (χ1v) is 11.3. The summed E-state index contributed by atoms with van der Waals surface area (Å²) in [6.07, 6.45) is 7.40. The molecule has 29 heavy (non-hydrogen) atoms. The van der Waals surface area contributed by atoms with E-state index < -0.39 is 0 Å². The standard InChI is InChI=1S/C21H30FN3O2S.HI/c1-23-20(25-9-10-28-21(14-25)6-3-2-4-7-21)24-8-5-16-11-18(22)12-17-13-26-15-27-19(16)17;/h11-12H,2-10,13-15H2,1H3,(H,23,24);1H. The van der Waals surface area contributed by atoms with Gasteiger partial charge in [-0.05, 0) is 37.0 Å². The highest BCUT2D eigenvalue weighted by atomic mass is 127. The van der Waals surface area contributed by atoms with E-state index in [-0.39, 0.29) is 36.6 Å². The van der Waals surface area contributed by atoms with Crippen LogP contribution in [0.25, 0.3) is 0 Å². The van der Waals surface area contributed by atoms with E-state index in [0.29, 0.717) is 24.3 Å². The quantitative estimate of drug-likeness (QED) is 0.358. The van der Waals surface area contributed by atoms with Gasteiger partial charge in [0.1, 0.15) is 11.6 Å². The van der Waals surface area contributed by atoms with Gasteiger partial charge in [0.25, 0.3) is 0 Å². The van der Waals surface area contributed by atoms with Crippen LogP contribution < -0.4 is 10.1 Å². The van der Waals surface area contributed by atoms with Crippen LogP contribution in [-0.4, -0.2) is 54.8 Å². The van der Waals surface area contributed by atoms with Crippen molar-refractivity contribution in [2.45, 2.75) is 49.9 Å². The van der Waals surface area contributed by atoms with Crippen LogP contribution in [0.2, 0.25) is 0 Å². The van der Waals surface area contributed by atoms with Crippen molar-refractivity contribution in [2.75, 3.05) is 39.2 Å². The molecule has 0 amide bonds. The number of thioether (sulfide) groups is 1. The maximum Gasteiger partial charge on any atom is 0.193 e. The average molecular weight is 535 g/mol. The molecule has 0 unspecified atom stereocenters. The SMILES string of the molecule is CN=C(NCCc1cc(F)cc2c1OCOC2)N1CCSC2(CCCCC2)C1.I. The first kappa shape index (κ1) is 22.9. The summed E-state index contributed by atoms with van der Waals surface area (Å²) in [5.74, 6) is 2.66. The summed E-state index contributed by atoms with van der Waals surface area (Å²) in [5, 5.41) is 3.49. The molecule has 0 aromatic heterocycles. The molecular formula is C21H31FIN3O2S. The molecule has 5 nitrogen and oxygen atoms in total. The van der Waals surface area contributed by atoms with E-state index >= 15 is 0 Å². The van der Waals surface area contributed by atoms with Gasteiger partial charge in [0.2, 0.25) is 0 Å². The second-order valence-corrected chi connectivity index (χ2v) is 9.46. The van der Waals surface area contributed by atoms with Gasteiger partial charge in [0.15, 0.2) is 12.8 Å². The smallest absolute Gasteiger partial charge is 0.193 e. The fourth-order valence-electron chi connectivity index (χ4n) is 4.61. The van der Waals surface area contributed by atoms with Crippen molar-refractivity contribution in [3.8, 4) is 5.75 Å². The number of hydrogen-bond donors (Lipinski definition) is 1. The van der Waals surface area contributed by atoms with E-state index in [1.165, 1.54) is 38.2 Å². The summed E-state index contributed by atoms with van der Waals surface area (Å²) < 4.78 is 25.2.